The molecule has 0 aliphatic carbocycles. The summed E-state index contributed by atoms with van der Waals surface area (Å²) in [6.07, 6.45) is 2.99. The van der Waals surface area contributed by atoms with Crippen LogP contribution < -0.4 is 20.9 Å². The van der Waals surface area contributed by atoms with Crippen LogP contribution in [0.15, 0.2) is 54.6 Å². The lowest BCUT2D eigenvalue weighted by molar-refractivity contribution is -0.115. The minimum atomic E-state index is -0.415. The van der Waals surface area contributed by atoms with Crippen LogP contribution in [0.3, 0.4) is 0 Å². The van der Waals surface area contributed by atoms with Crippen molar-refractivity contribution in [2.75, 3.05) is 7.11 Å². The van der Waals surface area contributed by atoms with Crippen LogP contribution in [0.25, 0.3) is 6.08 Å². The van der Waals surface area contributed by atoms with Gasteiger partial charge in [0.2, 0.25) is 5.91 Å². The molecule has 0 saturated heterocycles. The van der Waals surface area contributed by atoms with Crippen molar-refractivity contribution in [2.24, 2.45) is 0 Å². The normalized spacial score (nSPS) is 10.2. The van der Waals surface area contributed by atoms with Gasteiger partial charge in [0.05, 0.1) is 12.7 Å². The zero-order chi connectivity index (χ0) is 18.9. The molecule has 2 aromatic rings. The molecule has 0 fully saturated rings. The minimum Gasteiger partial charge on any atom is -0.497 e. The first kappa shape index (κ1) is 19.9. The maximum absolute atomic E-state index is 12.0. The number of carbonyl (C=O) groups is 2. The van der Waals surface area contributed by atoms with E-state index < -0.39 is 5.91 Å². The smallest absolute Gasteiger partial charge is 0.270 e. The molecule has 0 spiro atoms. The van der Waals surface area contributed by atoms with E-state index in [1.165, 1.54) is 6.08 Å². The van der Waals surface area contributed by atoms with Crippen molar-refractivity contribution in [3.05, 3.63) is 69.3 Å². The van der Waals surface area contributed by atoms with E-state index in [9.17, 15) is 9.59 Å². The largest absolute Gasteiger partial charge is 0.497 e. The van der Waals surface area contributed by atoms with Crippen molar-refractivity contribution < 1.29 is 14.3 Å². The third kappa shape index (κ3) is 6.12. The highest BCUT2D eigenvalue weighted by molar-refractivity contribution is 14.1. The Balaban J connectivity index is 1.81. The Hall–Kier alpha value is -2.46. The van der Waals surface area contributed by atoms with Gasteiger partial charge in [0.1, 0.15) is 5.75 Å². The molecule has 2 amide bonds. The van der Waals surface area contributed by atoms with Gasteiger partial charge in [0.15, 0.2) is 5.11 Å². The van der Waals surface area contributed by atoms with Crippen LogP contribution in [-0.2, 0) is 4.79 Å². The Kier molecular flexibility index (Phi) is 7.54. The molecule has 0 aliphatic rings. The highest BCUT2D eigenvalue weighted by Gasteiger charge is 2.09. The number of benzene rings is 2. The summed E-state index contributed by atoms with van der Waals surface area (Å²) in [4.78, 5) is 23.9. The van der Waals surface area contributed by atoms with Crippen LogP contribution in [0.1, 0.15) is 15.9 Å². The fourth-order valence-electron chi connectivity index (χ4n) is 1.90. The van der Waals surface area contributed by atoms with E-state index in [0.29, 0.717) is 5.56 Å². The van der Waals surface area contributed by atoms with Crippen molar-refractivity contribution in [1.29, 1.82) is 0 Å². The van der Waals surface area contributed by atoms with E-state index in [4.69, 9.17) is 17.0 Å². The molecule has 0 atom stereocenters. The van der Waals surface area contributed by atoms with E-state index >= 15 is 0 Å². The number of hydrogen-bond acceptors (Lipinski definition) is 4. The quantitative estimate of drug-likeness (QED) is 0.271. The summed E-state index contributed by atoms with van der Waals surface area (Å²) in [5.41, 5.74) is 6.29. The highest BCUT2D eigenvalue weighted by atomic mass is 127. The molecule has 0 aromatic heterocycles. The van der Waals surface area contributed by atoms with Crippen molar-refractivity contribution >= 4 is 57.8 Å². The van der Waals surface area contributed by atoms with Gasteiger partial charge in [-0.3, -0.25) is 25.8 Å². The molecule has 0 aliphatic heterocycles. The standard InChI is InChI=1S/C18H16IN3O3S/c1-25-13-9-6-12(7-10-13)8-11-16(23)20-18(26)22-21-17(24)14-4-2-3-5-15(14)19/h2-11H,1H3,(H,21,24)(H2,20,22,23,26). The molecular formula is C18H16IN3O3S. The second-order valence-electron chi connectivity index (χ2n) is 4.98. The van der Waals surface area contributed by atoms with Gasteiger partial charge in [0.25, 0.3) is 5.91 Å². The van der Waals surface area contributed by atoms with Crippen LogP contribution in [0.2, 0.25) is 0 Å². The number of hydrogen-bond donors (Lipinski definition) is 3. The summed E-state index contributed by atoms with van der Waals surface area (Å²) in [6, 6.07) is 14.3. The summed E-state index contributed by atoms with van der Waals surface area (Å²) in [5, 5.41) is 2.44. The first-order valence-electron chi connectivity index (χ1n) is 7.47. The van der Waals surface area contributed by atoms with Crippen LogP contribution in [0, 0.1) is 3.57 Å². The summed E-state index contributed by atoms with van der Waals surface area (Å²) in [5.74, 6) is -0.0250. The van der Waals surface area contributed by atoms with Gasteiger partial charge in [0, 0.05) is 9.65 Å². The molecule has 8 heteroatoms. The third-order valence-electron chi connectivity index (χ3n) is 3.19. The molecule has 0 unspecified atom stereocenters. The van der Waals surface area contributed by atoms with Gasteiger partial charge < -0.3 is 4.74 Å². The first-order valence-corrected chi connectivity index (χ1v) is 8.96. The Bertz CT molecular complexity index is 838. The van der Waals surface area contributed by atoms with Gasteiger partial charge in [-0.1, -0.05) is 24.3 Å². The average molecular weight is 481 g/mol. The second kappa shape index (κ2) is 9.88. The number of amides is 2. The summed E-state index contributed by atoms with van der Waals surface area (Å²) >= 11 is 7.05. The fourth-order valence-corrected chi connectivity index (χ4v) is 2.68. The Morgan fingerprint density at radius 3 is 2.42 bits per heavy atom. The number of hydrazine groups is 1. The third-order valence-corrected chi connectivity index (χ3v) is 4.33. The number of halogens is 1. The van der Waals surface area contributed by atoms with Gasteiger partial charge in [-0.05, 0) is 70.7 Å². The molecule has 2 aromatic carbocycles. The maximum Gasteiger partial charge on any atom is 0.270 e. The van der Waals surface area contributed by atoms with E-state index in [1.807, 2.05) is 24.3 Å². The van der Waals surface area contributed by atoms with Gasteiger partial charge in [-0.2, -0.15) is 0 Å². The SMILES string of the molecule is COc1ccc(C=CC(=O)NC(=S)NNC(=O)c2ccccc2I)cc1. The number of ether oxygens (including phenoxy) is 1. The van der Waals surface area contributed by atoms with Gasteiger partial charge in [-0.25, -0.2) is 0 Å². The second-order valence-corrected chi connectivity index (χ2v) is 6.55. The minimum absolute atomic E-state index is 0.00586. The molecular weight excluding hydrogens is 465 g/mol. The van der Waals surface area contributed by atoms with Gasteiger partial charge >= 0.3 is 0 Å². The molecule has 26 heavy (non-hydrogen) atoms. The van der Waals surface area contributed by atoms with Crippen molar-refractivity contribution in [3.8, 4) is 5.75 Å². The van der Waals surface area contributed by atoms with E-state index in [2.05, 4.69) is 38.8 Å². The molecule has 0 bridgehead atoms. The summed E-state index contributed by atoms with van der Waals surface area (Å²) < 4.78 is 5.88. The number of rotatable bonds is 4. The van der Waals surface area contributed by atoms with Gasteiger partial charge in [-0.15, -0.1) is 0 Å². The fraction of sp³-hybridized carbons (Fsp3) is 0.0556. The monoisotopic (exact) mass is 481 g/mol. The molecule has 6 nitrogen and oxygen atoms in total. The topological polar surface area (TPSA) is 79.5 Å². The van der Waals surface area contributed by atoms with Crippen molar-refractivity contribution in [2.45, 2.75) is 0 Å². The number of carbonyl (C=O) groups excluding carboxylic acids is 2. The predicted octanol–water partition coefficient (Wildman–Crippen LogP) is 2.65. The lowest BCUT2D eigenvalue weighted by Gasteiger charge is -2.10. The Labute approximate surface area is 170 Å². The predicted molar refractivity (Wildman–Crippen MR) is 113 cm³/mol. The molecule has 0 saturated carbocycles. The molecule has 2 rings (SSSR count). The van der Waals surface area contributed by atoms with E-state index in [1.54, 1.807) is 37.5 Å². The van der Waals surface area contributed by atoms with Crippen LogP contribution in [0.5, 0.6) is 5.75 Å². The van der Waals surface area contributed by atoms with Crippen LogP contribution in [0.4, 0.5) is 0 Å². The zero-order valence-corrected chi connectivity index (χ0v) is 16.8. The first-order chi connectivity index (χ1) is 12.5. The Morgan fingerprint density at radius 2 is 1.77 bits per heavy atom. The van der Waals surface area contributed by atoms with E-state index in [0.717, 1.165) is 14.9 Å². The van der Waals surface area contributed by atoms with E-state index in [-0.39, 0.29) is 11.0 Å². The maximum atomic E-state index is 12.0. The summed E-state index contributed by atoms with van der Waals surface area (Å²) in [7, 11) is 1.59. The highest BCUT2D eigenvalue weighted by Crippen LogP contribution is 2.12. The molecule has 0 heterocycles. The average Bonchev–Trinajstić information content (AvgIpc) is 2.65. The lowest BCUT2D eigenvalue weighted by Crippen LogP contribution is -2.48. The molecule has 0 radical (unpaired) electrons. The lowest BCUT2D eigenvalue weighted by atomic mass is 10.2. The van der Waals surface area contributed by atoms with Crippen molar-refractivity contribution in [1.82, 2.24) is 16.2 Å². The van der Waals surface area contributed by atoms with Crippen LogP contribution >= 0.6 is 34.8 Å². The molecule has 3 N–H and O–H groups in total. The number of thiocarbonyl (C=S) groups is 1. The van der Waals surface area contributed by atoms with Crippen molar-refractivity contribution in [3.63, 3.8) is 0 Å². The Morgan fingerprint density at radius 1 is 1.08 bits per heavy atom. The van der Waals surface area contributed by atoms with Crippen LogP contribution in [-0.4, -0.2) is 24.0 Å². The number of nitrogens with one attached hydrogen (secondary N) is 3. The molecule has 134 valence electrons. The summed E-state index contributed by atoms with van der Waals surface area (Å²) in [6.45, 7) is 0. The zero-order valence-electron chi connectivity index (χ0n) is 13.8. The number of methoxy groups -OCH3 is 1.